The van der Waals surface area contributed by atoms with Gasteiger partial charge in [0.2, 0.25) is 11.5 Å². The van der Waals surface area contributed by atoms with Gasteiger partial charge in [-0.05, 0) is 43.7 Å². The van der Waals surface area contributed by atoms with Crippen molar-refractivity contribution in [2.45, 2.75) is 13.8 Å². The van der Waals surface area contributed by atoms with Gasteiger partial charge in [0, 0.05) is 5.56 Å². The average Bonchev–Trinajstić information content (AvgIpc) is 3.24. The fraction of sp³-hybridized carbons (Fsp3) is 0.0952. The second kappa shape index (κ2) is 5.85. The Balaban J connectivity index is 1.91. The largest absolute Gasteiger partial charge is 0.452 e. The van der Waals surface area contributed by atoms with Crippen molar-refractivity contribution in [3.8, 4) is 34.2 Å². The summed E-state index contributed by atoms with van der Waals surface area (Å²) in [6.45, 7) is 3.84. The molecule has 4 rings (SSSR count). The summed E-state index contributed by atoms with van der Waals surface area (Å²) < 4.78 is 17.5. The Labute approximate surface area is 140 Å². The molecular formula is C21H17O3+. The highest BCUT2D eigenvalue weighted by Gasteiger charge is 2.24. The first kappa shape index (κ1) is 14.5. The first-order valence-corrected chi connectivity index (χ1v) is 7.86. The molecule has 3 heterocycles. The van der Waals surface area contributed by atoms with Crippen LogP contribution in [0.1, 0.15) is 11.5 Å². The lowest BCUT2D eigenvalue weighted by atomic mass is 10.0. The molecule has 0 aliphatic carbocycles. The van der Waals surface area contributed by atoms with E-state index in [-0.39, 0.29) is 0 Å². The highest BCUT2D eigenvalue weighted by Crippen LogP contribution is 2.34. The summed E-state index contributed by atoms with van der Waals surface area (Å²) in [5.74, 6) is 4.45. The molecule has 0 unspecified atom stereocenters. The molecule has 0 saturated heterocycles. The molecule has 0 radical (unpaired) electrons. The maximum absolute atomic E-state index is 6.05. The normalized spacial score (nSPS) is 10.9. The van der Waals surface area contributed by atoms with E-state index in [9.17, 15) is 0 Å². The van der Waals surface area contributed by atoms with Crippen molar-refractivity contribution >= 4 is 0 Å². The van der Waals surface area contributed by atoms with Crippen LogP contribution in [0.25, 0.3) is 34.2 Å². The van der Waals surface area contributed by atoms with Crippen LogP contribution in [0, 0.1) is 13.8 Å². The first-order valence-electron chi connectivity index (χ1n) is 7.86. The summed E-state index contributed by atoms with van der Waals surface area (Å²) in [4.78, 5) is 0. The number of hydrogen-bond acceptors (Lipinski definition) is 2. The van der Waals surface area contributed by atoms with Gasteiger partial charge in [-0.2, -0.15) is 4.42 Å². The summed E-state index contributed by atoms with van der Waals surface area (Å²) in [7, 11) is 0. The number of rotatable bonds is 3. The second-order valence-electron chi connectivity index (χ2n) is 5.76. The molecule has 0 saturated carbocycles. The van der Waals surface area contributed by atoms with E-state index in [4.69, 9.17) is 13.3 Å². The third kappa shape index (κ3) is 2.76. The molecule has 3 heteroatoms. The number of benzene rings is 1. The fourth-order valence-electron chi connectivity index (χ4n) is 2.68. The predicted octanol–water partition coefficient (Wildman–Crippen LogP) is 6.36. The molecule has 0 aliphatic heterocycles. The zero-order valence-corrected chi connectivity index (χ0v) is 13.6. The zero-order valence-electron chi connectivity index (χ0n) is 13.6. The minimum Gasteiger partial charge on any atom is -0.452 e. The molecule has 3 nitrogen and oxygen atoms in total. The third-order valence-electron chi connectivity index (χ3n) is 3.87. The van der Waals surface area contributed by atoms with E-state index in [0.717, 1.165) is 22.6 Å². The minimum atomic E-state index is 0.675. The molecule has 0 aliphatic rings. The van der Waals surface area contributed by atoms with E-state index in [1.807, 2.05) is 68.4 Å². The van der Waals surface area contributed by atoms with E-state index >= 15 is 0 Å². The van der Waals surface area contributed by atoms with Crippen LogP contribution in [0.5, 0.6) is 0 Å². The Morgan fingerprint density at radius 2 is 1.17 bits per heavy atom. The van der Waals surface area contributed by atoms with E-state index in [1.54, 1.807) is 0 Å². The Bertz CT molecular complexity index is 919. The topological polar surface area (TPSA) is 37.6 Å². The molecule has 118 valence electrons. The van der Waals surface area contributed by atoms with Crippen LogP contribution in [-0.4, -0.2) is 0 Å². The van der Waals surface area contributed by atoms with Crippen LogP contribution in [0.2, 0.25) is 0 Å². The maximum atomic E-state index is 6.05. The van der Waals surface area contributed by atoms with Gasteiger partial charge in [0.15, 0.2) is 0 Å². The van der Waals surface area contributed by atoms with Crippen LogP contribution in [0.4, 0.5) is 0 Å². The number of furan rings is 2. The average molecular weight is 317 g/mol. The Hall–Kier alpha value is -3.07. The molecule has 0 N–H and O–H groups in total. The van der Waals surface area contributed by atoms with Gasteiger partial charge in [-0.15, -0.1) is 0 Å². The van der Waals surface area contributed by atoms with Crippen molar-refractivity contribution < 1.29 is 13.3 Å². The fourth-order valence-corrected chi connectivity index (χ4v) is 2.68. The smallest absolute Gasteiger partial charge is 0.396 e. The lowest BCUT2D eigenvalue weighted by molar-refractivity contribution is 0.484. The van der Waals surface area contributed by atoms with Crippen molar-refractivity contribution in [1.82, 2.24) is 0 Å². The lowest BCUT2D eigenvalue weighted by Crippen LogP contribution is -1.84. The molecule has 0 atom stereocenters. The highest BCUT2D eigenvalue weighted by molar-refractivity contribution is 5.72. The van der Waals surface area contributed by atoms with Crippen molar-refractivity contribution in [2.75, 3.05) is 0 Å². The summed E-state index contributed by atoms with van der Waals surface area (Å²) in [5, 5.41) is 0. The van der Waals surface area contributed by atoms with Crippen molar-refractivity contribution in [1.29, 1.82) is 0 Å². The van der Waals surface area contributed by atoms with E-state index in [0.29, 0.717) is 23.0 Å². The van der Waals surface area contributed by atoms with Crippen LogP contribution >= 0.6 is 0 Å². The maximum Gasteiger partial charge on any atom is 0.396 e. The summed E-state index contributed by atoms with van der Waals surface area (Å²) in [5.41, 5.74) is 2.16. The van der Waals surface area contributed by atoms with Crippen LogP contribution < -0.4 is 0 Å². The molecule has 0 fully saturated rings. The quantitative estimate of drug-likeness (QED) is 0.412. The van der Waals surface area contributed by atoms with E-state index in [2.05, 4.69) is 12.1 Å². The van der Waals surface area contributed by atoms with E-state index in [1.165, 1.54) is 0 Å². The molecule has 0 bridgehead atoms. The Morgan fingerprint density at radius 3 is 1.62 bits per heavy atom. The molecule has 3 aromatic heterocycles. The van der Waals surface area contributed by atoms with Gasteiger partial charge in [0.25, 0.3) is 0 Å². The van der Waals surface area contributed by atoms with Crippen molar-refractivity contribution in [3.05, 3.63) is 78.3 Å². The van der Waals surface area contributed by atoms with E-state index < -0.39 is 0 Å². The highest BCUT2D eigenvalue weighted by atomic mass is 16.4. The van der Waals surface area contributed by atoms with Gasteiger partial charge < -0.3 is 8.83 Å². The lowest BCUT2D eigenvalue weighted by Gasteiger charge is -2.00. The molecular weight excluding hydrogens is 300 g/mol. The zero-order chi connectivity index (χ0) is 16.5. The summed E-state index contributed by atoms with van der Waals surface area (Å²) in [6, 6.07) is 21.9. The van der Waals surface area contributed by atoms with Gasteiger partial charge in [-0.1, -0.05) is 30.3 Å². The number of aryl methyl sites for hydroxylation is 2. The van der Waals surface area contributed by atoms with Gasteiger partial charge in [0.1, 0.15) is 11.5 Å². The van der Waals surface area contributed by atoms with Gasteiger partial charge in [-0.25, -0.2) is 0 Å². The minimum absolute atomic E-state index is 0.675. The third-order valence-corrected chi connectivity index (χ3v) is 3.87. The van der Waals surface area contributed by atoms with Crippen LogP contribution in [-0.2, 0) is 0 Å². The Kier molecular flexibility index (Phi) is 3.54. The molecule has 24 heavy (non-hydrogen) atoms. The standard InChI is InChI=1S/C21H17O3/c1-14-8-10-18(22-14)20-12-17(16-6-4-3-5-7-16)13-21(24-20)19-11-9-15(2)23-19/h3-13H,1-2H3/q+1. The van der Waals surface area contributed by atoms with Crippen LogP contribution in [0.15, 0.2) is 80.0 Å². The van der Waals surface area contributed by atoms with Gasteiger partial charge in [0.05, 0.1) is 12.1 Å². The van der Waals surface area contributed by atoms with Gasteiger partial charge in [-0.3, -0.25) is 0 Å². The Morgan fingerprint density at radius 1 is 0.625 bits per heavy atom. The SMILES string of the molecule is Cc1ccc(-c2cc(-c3ccccc3)cc(-c3ccc(C)o3)[o+]2)o1. The molecule has 4 aromatic rings. The summed E-state index contributed by atoms with van der Waals surface area (Å²) >= 11 is 0. The second-order valence-corrected chi connectivity index (χ2v) is 5.76. The monoisotopic (exact) mass is 317 g/mol. The molecule has 0 amide bonds. The molecule has 0 spiro atoms. The molecule has 1 aromatic carbocycles. The predicted molar refractivity (Wildman–Crippen MR) is 93.4 cm³/mol. The van der Waals surface area contributed by atoms with Crippen LogP contribution in [0.3, 0.4) is 0 Å². The first-order chi connectivity index (χ1) is 11.7. The van der Waals surface area contributed by atoms with Crippen molar-refractivity contribution in [3.63, 3.8) is 0 Å². The van der Waals surface area contributed by atoms with Gasteiger partial charge >= 0.3 is 11.5 Å². The summed E-state index contributed by atoms with van der Waals surface area (Å²) in [6.07, 6.45) is 0. The number of hydrogen-bond donors (Lipinski definition) is 0. The van der Waals surface area contributed by atoms with Crippen molar-refractivity contribution in [2.24, 2.45) is 0 Å².